The summed E-state index contributed by atoms with van der Waals surface area (Å²) in [6, 6.07) is 4.00. The molecule has 3 rings (SSSR count). The number of nitrogens with zero attached hydrogens (tertiary/aromatic N) is 1. The zero-order valence-corrected chi connectivity index (χ0v) is 13.3. The Hall–Kier alpha value is -0.970. The van der Waals surface area contributed by atoms with Gasteiger partial charge in [-0.2, -0.15) is 0 Å². The van der Waals surface area contributed by atoms with Gasteiger partial charge in [-0.05, 0) is 49.7 Å². The number of hydrogen-bond acceptors (Lipinski definition) is 4. The second kappa shape index (κ2) is 6.86. The highest BCUT2D eigenvalue weighted by atomic mass is 35.5. The van der Waals surface area contributed by atoms with Crippen molar-refractivity contribution in [2.45, 2.75) is 19.9 Å². The van der Waals surface area contributed by atoms with Crippen LogP contribution in [-0.4, -0.2) is 44.3 Å². The van der Waals surface area contributed by atoms with Crippen molar-refractivity contribution in [2.75, 3.05) is 39.4 Å². The maximum Gasteiger partial charge on any atom is 0.179 e. The van der Waals surface area contributed by atoms with Crippen LogP contribution in [0.2, 0.25) is 5.02 Å². The molecular formula is C16H23ClN2O2. The lowest BCUT2D eigenvalue weighted by Gasteiger charge is -2.20. The van der Waals surface area contributed by atoms with Crippen molar-refractivity contribution in [3.8, 4) is 11.5 Å². The molecule has 0 spiro atoms. The van der Waals surface area contributed by atoms with Crippen molar-refractivity contribution in [1.82, 2.24) is 10.2 Å². The normalized spacial score (nSPS) is 21.7. The summed E-state index contributed by atoms with van der Waals surface area (Å²) in [6.45, 7) is 8.88. The molecule has 1 fully saturated rings. The molecule has 1 unspecified atom stereocenters. The molecule has 0 radical (unpaired) electrons. The van der Waals surface area contributed by atoms with Gasteiger partial charge in [0.15, 0.2) is 11.5 Å². The van der Waals surface area contributed by atoms with Crippen LogP contribution in [0.1, 0.15) is 18.9 Å². The number of likely N-dealkylation sites (tertiary alicyclic amines) is 1. The summed E-state index contributed by atoms with van der Waals surface area (Å²) in [6.07, 6.45) is 1.29. The van der Waals surface area contributed by atoms with Crippen molar-refractivity contribution in [2.24, 2.45) is 5.92 Å². The Balaban J connectivity index is 1.53. The van der Waals surface area contributed by atoms with E-state index in [-0.39, 0.29) is 0 Å². The second-order valence-electron chi connectivity index (χ2n) is 5.78. The lowest BCUT2D eigenvalue weighted by atomic mass is 10.1. The number of ether oxygens (including phenoxy) is 2. The highest BCUT2D eigenvalue weighted by Gasteiger charge is 2.21. The summed E-state index contributed by atoms with van der Waals surface area (Å²) < 4.78 is 11.1. The smallest absolute Gasteiger partial charge is 0.179 e. The van der Waals surface area contributed by atoms with E-state index >= 15 is 0 Å². The average molecular weight is 311 g/mol. The Morgan fingerprint density at radius 3 is 3.00 bits per heavy atom. The number of rotatable bonds is 5. The van der Waals surface area contributed by atoms with Gasteiger partial charge in [0, 0.05) is 13.1 Å². The molecule has 116 valence electrons. The first kappa shape index (κ1) is 14.9. The number of hydrogen-bond donors (Lipinski definition) is 1. The second-order valence-corrected chi connectivity index (χ2v) is 6.19. The molecule has 0 saturated carbocycles. The SMILES string of the molecule is CCN1CCC(CNCc2cc(Cl)c3c(c2)OCCO3)C1. The van der Waals surface area contributed by atoms with Gasteiger partial charge < -0.3 is 19.7 Å². The average Bonchev–Trinajstić information content (AvgIpc) is 2.95. The van der Waals surface area contributed by atoms with E-state index in [1.165, 1.54) is 19.5 Å². The van der Waals surface area contributed by atoms with Crippen LogP contribution in [-0.2, 0) is 6.54 Å². The Kier molecular flexibility index (Phi) is 4.88. The fourth-order valence-electron chi connectivity index (χ4n) is 3.05. The van der Waals surface area contributed by atoms with Crippen LogP contribution in [0.3, 0.4) is 0 Å². The first-order chi connectivity index (χ1) is 10.3. The minimum absolute atomic E-state index is 0.569. The summed E-state index contributed by atoms with van der Waals surface area (Å²) in [7, 11) is 0. The highest BCUT2D eigenvalue weighted by Crippen LogP contribution is 2.38. The molecule has 0 aliphatic carbocycles. The lowest BCUT2D eigenvalue weighted by Crippen LogP contribution is -2.26. The maximum atomic E-state index is 6.25. The third-order valence-electron chi connectivity index (χ3n) is 4.24. The van der Waals surface area contributed by atoms with Crippen molar-refractivity contribution in [1.29, 1.82) is 0 Å². The maximum absolute atomic E-state index is 6.25. The summed E-state index contributed by atoms with van der Waals surface area (Å²) in [5.74, 6) is 2.21. The fraction of sp³-hybridized carbons (Fsp3) is 0.625. The van der Waals surface area contributed by atoms with Crippen LogP contribution < -0.4 is 14.8 Å². The van der Waals surface area contributed by atoms with Crippen LogP contribution in [0.25, 0.3) is 0 Å². The van der Waals surface area contributed by atoms with E-state index in [9.17, 15) is 0 Å². The molecule has 2 heterocycles. The number of benzene rings is 1. The molecule has 2 aliphatic heterocycles. The van der Waals surface area contributed by atoms with E-state index in [2.05, 4.69) is 17.1 Å². The van der Waals surface area contributed by atoms with Gasteiger partial charge in [0.05, 0.1) is 5.02 Å². The summed E-state index contributed by atoms with van der Waals surface area (Å²) >= 11 is 6.25. The molecule has 0 amide bonds. The van der Waals surface area contributed by atoms with Crippen LogP contribution in [0, 0.1) is 5.92 Å². The van der Waals surface area contributed by atoms with E-state index in [0.29, 0.717) is 24.0 Å². The molecule has 1 atom stereocenters. The van der Waals surface area contributed by atoms with Gasteiger partial charge in [0.2, 0.25) is 0 Å². The third kappa shape index (κ3) is 3.62. The zero-order chi connectivity index (χ0) is 14.7. The van der Waals surface area contributed by atoms with Crippen LogP contribution >= 0.6 is 11.6 Å². The standard InChI is InChI=1S/C16H23ClN2O2/c1-2-19-4-3-12(11-19)9-18-10-13-7-14(17)16-15(8-13)20-5-6-21-16/h7-8,12,18H,2-6,9-11H2,1H3. The van der Waals surface area contributed by atoms with Crippen molar-refractivity contribution in [3.05, 3.63) is 22.7 Å². The molecule has 0 bridgehead atoms. The van der Waals surface area contributed by atoms with Gasteiger partial charge in [-0.3, -0.25) is 0 Å². The van der Waals surface area contributed by atoms with Crippen LogP contribution in [0.4, 0.5) is 0 Å². The van der Waals surface area contributed by atoms with Crippen molar-refractivity contribution < 1.29 is 9.47 Å². The summed E-state index contributed by atoms with van der Waals surface area (Å²) in [4.78, 5) is 2.51. The van der Waals surface area contributed by atoms with E-state index in [4.69, 9.17) is 21.1 Å². The summed E-state index contributed by atoms with van der Waals surface area (Å²) in [5.41, 5.74) is 1.15. The van der Waals surface area contributed by atoms with Crippen LogP contribution in [0.15, 0.2) is 12.1 Å². The van der Waals surface area contributed by atoms with E-state index in [1.54, 1.807) is 0 Å². The van der Waals surface area contributed by atoms with E-state index in [1.807, 2.05) is 12.1 Å². The molecular weight excluding hydrogens is 288 g/mol. The zero-order valence-electron chi connectivity index (χ0n) is 12.5. The number of fused-ring (bicyclic) bond motifs is 1. The predicted octanol–water partition coefficient (Wildman–Crippen LogP) is 2.54. The molecule has 2 aliphatic rings. The first-order valence-corrected chi connectivity index (χ1v) is 8.15. The first-order valence-electron chi connectivity index (χ1n) is 7.77. The Labute approximate surface area is 131 Å². The van der Waals surface area contributed by atoms with E-state index in [0.717, 1.165) is 36.9 Å². The molecule has 1 aromatic carbocycles. The molecule has 1 N–H and O–H groups in total. The van der Waals surface area contributed by atoms with Crippen LogP contribution in [0.5, 0.6) is 11.5 Å². The Bertz CT molecular complexity index is 495. The largest absolute Gasteiger partial charge is 0.486 e. The van der Waals surface area contributed by atoms with Gasteiger partial charge >= 0.3 is 0 Å². The lowest BCUT2D eigenvalue weighted by molar-refractivity contribution is 0.171. The Morgan fingerprint density at radius 1 is 1.33 bits per heavy atom. The number of nitrogens with one attached hydrogen (secondary N) is 1. The third-order valence-corrected chi connectivity index (χ3v) is 4.52. The molecule has 5 heteroatoms. The molecule has 0 aromatic heterocycles. The topological polar surface area (TPSA) is 33.7 Å². The molecule has 21 heavy (non-hydrogen) atoms. The quantitative estimate of drug-likeness (QED) is 0.906. The molecule has 4 nitrogen and oxygen atoms in total. The fourth-order valence-corrected chi connectivity index (χ4v) is 3.34. The van der Waals surface area contributed by atoms with Gasteiger partial charge in [-0.15, -0.1) is 0 Å². The van der Waals surface area contributed by atoms with Gasteiger partial charge in [-0.1, -0.05) is 18.5 Å². The van der Waals surface area contributed by atoms with Gasteiger partial charge in [0.25, 0.3) is 0 Å². The number of halogens is 1. The minimum atomic E-state index is 0.569. The van der Waals surface area contributed by atoms with Crippen molar-refractivity contribution >= 4 is 11.6 Å². The molecule has 1 aromatic rings. The predicted molar refractivity (Wildman–Crippen MR) is 84.4 cm³/mol. The summed E-state index contributed by atoms with van der Waals surface area (Å²) in [5, 5.41) is 4.18. The minimum Gasteiger partial charge on any atom is -0.486 e. The van der Waals surface area contributed by atoms with E-state index < -0.39 is 0 Å². The Morgan fingerprint density at radius 2 is 2.19 bits per heavy atom. The molecule has 1 saturated heterocycles. The highest BCUT2D eigenvalue weighted by molar-refractivity contribution is 6.32. The van der Waals surface area contributed by atoms with Crippen molar-refractivity contribution in [3.63, 3.8) is 0 Å². The monoisotopic (exact) mass is 310 g/mol. The van der Waals surface area contributed by atoms with Gasteiger partial charge in [0.1, 0.15) is 13.2 Å². The van der Waals surface area contributed by atoms with Gasteiger partial charge in [-0.25, -0.2) is 0 Å².